The van der Waals surface area contributed by atoms with Gasteiger partial charge in [0.25, 0.3) is 10.1 Å². The lowest BCUT2D eigenvalue weighted by molar-refractivity contribution is 0.263. The van der Waals surface area contributed by atoms with Gasteiger partial charge in [-0.2, -0.15) is 8.42 Å². The first-order valence-corrected chi connectivity index (χ1v) is 6.15. The Hall–Kier alpha value is 0.300. The highest BCUT2D eigenvalue weighted by atomic mass is 32.2. The molecule has 0 bridgehead atoms. The fourth-order valence-electron chi connectivity index (χ4n) is 1.22. The molecule has 0 radical (unpaired) electrons. The largest absolute Gasteiger partial charge is 0.287 e. The van der Waals surface area contributed by atoms with Crippen LogP contribution in [0.2, 0.25) is 0 Å². The Morgan fingerprint density at radius 3 is 2.75 bits per heavy atom. The van der Waals surface area contributed by atoms with Crippen LogP contribution in [-0.4, -0.2) is 39.0 Å². The normalized spacial score (nSPS) is 26.3. The molecule has 1 saturated heterocycles. The van der Waals surface area contributed by atoms with E-state index in [1.807, 2.05) is 0 Å². The van der Waals surface area contributed by atoms with Crippen molar-refractivity contribution >= 4 is 19.5 Å². The summed E-state index contributed by atoms with van der Waals surface area (Å²) in [5.74, 6) is 0.359. The van der Waals surface area contributed by atoms with Crippen LogP contribution in [0.4, 0.5) is 0 Å². The minimum absolute atomic E-state index is 0.323. The van der Waals surface area contributed by atoms with Gasteiger partial charge >= 0.3 is 0 Å². The Bertz CT molecular complexity index is 241. The molecule has 0 aromatic carbocycles. The number of hydrogen-bond donors (Lipinski definition) is 0. The molecule has 0 N–H and O–H groups in total. The van der Waals surface area contributed by atoms with E-state index >= 15 is 0 Å². The van der Waals surface area contributed by atoms with E-state index in [1.54, 1.807) is 0 Å². The number of nitrogens with zero attached hydrogens (tertiary/aromatic N) is 1. The van der Waals surface area contributed by atoms with Gasteiger partial charge in [-0.25, -0.2) is 0 Å². The summed E-state index contributed by atoms with van der Waals surface area (Å²) >= 11 is 0. The Morgan fingerprint density at radius 2 is 2.33 bits per heavy atom. The van der Waals surface area contributed by atoms with E-state index in [2.05, 4.69) is 14.1 Å². The summed E-state index contributed by atoms with van der Waals surface area (Å²) in [5, 5.41) is 0. The lowest BCUT2D eigenvalue weighted by Crippen LogP contribution is -2.15. The third-order valence-corrected chi connectivity index (χ3v) is 2.87. The van der Waals surface area contributed by atoms with Crippen LogP contribution in [0.1, 0.15) is 6.42 Å². The quantitative estimate of drug-likeness (QED) is 0.489. The minimum atomic E-state index is -3.25. The fraction of sp³-hybridized carbons (Fsp3) is 1.00. The highest BCUT2D eigenvalue weighted by molar-refractivity contribution is 7.85. The van der Waals surface area contributed by atoms with Crippen LogP contribution < -0.4 is 0 Å². The first-order chi connectivity index (χ1) is 5.47. The van der Waals surface area contributed by atoms with Gasteiger partial charge in [-0.05, 0) is 12.3 Å². The maximum absolute atomic E-state index is 10.6. The van der Waals surface area contributed by atoms with Crippen LogP contribution in [0.3, 0.4) is 0 Å². The van der Waals surface area contributed by atoms with Crippen molar-refractivity contribution in [2.75, 3.05) is 26.0 Å². The van der Waals surface area contributed by atoms with E-state index in [-0.39, 0.29) is 0 Å². The molecular weight excluding hydrogens is 197 g/mol. The van der Waals surface area contributed by atoms with E-state index in [0.29, 0.717) is 12.5 Å². The van der Waals surface area contributed by atoms with Gasteiger partial charge in [0, 0.05) is 13.1 Å². The Kier molecular flexibility index (Phi) is 3.47. The lowest BCUT2D eigenvalue weighted by Gasteiger charge is -2.08. The number of hydrogen-bond acceptors (Lipinski definition) is 4. The van der Waals surface area contributed by atoms with Crippen LogP contribution >= 0.6 is 9.39 Å². The standard InChI is InChI=1S/C6H14NO3PS/c1-12(8,9)10-5-6-2-3-7(11)4-6/h6H,2-5,11H2,1H3. The van der Waals surface area contributed by atoms with Gasteiger partial charge in [0.2, 0.25) is 0 Å². The molecule has 0 amide bonds. The first kappa shape index (κ1) is 10.4. The van der Waals surface area contributed by atoms with Crippen molar-refractivity contribution in [2.45, 2.75) is 6.42 Å². The topological polar surface area (TPSA) is 46.6 Å². The zero-order valence-electron chi connectivity index (χ0n) is 7.06. The summed E-state index contributed by atoms with van der Waals surface area (Å²) in [4.78, 5) is 0. The van der Waals surface area contributed by atoms with Crippen molar-refractivity contribution < 1.29 is 12.6 Å². The molecule has 12 heavy (non-hydrogen) atoms. The molecule has 1 heterocycles. The predicted molar refractivity (Wildman–Crippen MR) is 50.2 cm³/mol. The summed E-state index contributed by atoms with van der Waals surface area (Å²) in [6.07, 6.45) is 2.10. The summed E-state index contributed by atoms with van der Waals surface area (Å²) in [6.45, 7) is 2.23. The Balaban J connectivity index is 2.25. The van der Waals surface area contributed by atoms with Crippen LogP contribution in [0, 0.1) is 5.92 Å². The Morgan fingerprint density at radius 1 is 1.67 bits per heavy atom. The highest BCUT2D eigenvalue weighted by Crippen LogP contribution is 2.19. The monoisotopic (exact) mass is 211 g/mol. The van der Waals surface area contributed by atoms with Gasteiger partial charge < -0.3 is 0 Å². The number of rotatable bonds is 3. The van der Waals surface area contributed by atoms with E-state index in [1.165, 1.54) is 0 Å². The molecule has 2 unspecified atom stereocenters. The maximum atomic E-state index is 10.6. The maximum Gasteiger partial charge on any atom is 0.264 e. The van der Waals surface area contributed by atoms with Crippen LogP contribution in [0.25, 0.3) is 0 Å². The molecule has 0 spiro atoms. The molecule has 1 aliphatic heterocycles. The van der Waals surface area contributed by atoms with Crippen molar-refractivity contribution in [1.82, 2.24) is 4.67 Å². The molecular formula is C6H14NO3PS. The zero-order chi connectivity index (χ0) is 9.19. The molecule has 0 aromatic heterocycles. The average Bonchev–Trinajstić information content (AvgIpc) is 2.30. The van der Waals surface area contributed by atoms with E-state index in [9.17, 15) is 8.42 Å². The SMILES string of the molecule is CS(=O)(=O)OCC1CCN(P)C1. The molecule has 72 valence electrons. The van der Waals surface area contributed by atoms with Crippen molar-refractivity contribution in [3.63, 3.8) is 0 Å². The van der Waals surface area contributed by atoms with E-state index in [4.69, 9.17) is 4.18 Å². The van der Waals surface area contributed by atoms with E-state index in [0.717, 1.165) is 25.8 Å². The van der Waals surface area contributed by atoms with Crippen LogP contribution in [0.5, 0.6) is 0 Å². The molecule has 1 aliphatic rings. The summed E-state index contributed by atoms with van der Waals surface area (Å²) in [7, 11) is -0.649. The van der Waals surface area contributed by atoms with Gasteiger partial charge in [0.1, 0.15) is 0 Å². The first-order valence-electron chi connectivity index (χ1n) is 3.81. The molecule has 2 atom stereocenters. The van der Waals surface area contributed by atoms with Crippen LogP contribution in [-0.2, 0) is 14.3 Å². The highest BCUT2D eigenvalue weighted by Gasteiger charge is 2.20. The second-order valence-electron chi connectivity index (χ2n) is 3.14. The smallest absolute Gasteiger partial charge is 0.264 e. The summed E-state index contributed by atoms with van der Waals surface area (Å²) in [5.41, 5.74) is 0. The second kappa shape index (κ2) is 4.01. The zero-order valence-corrected chi connectivity index (χ0v) is 9.03. The summed E-state index contributed by atoms with van der Waals surface area (Å²) < 4.78 is 28.0. The molecule has 0 saturated carbocycles. The lowest BCUT2D eigenvalue weighted by atomic mass is 10.1. The van der Waals surface area contributed by atoms with Crippen molar-refractivity contribution in [3.8, 4) is 0 Å². The molecule has 0 aromatic rings. The molecule has 1 rings (SSSR count). The summed E-state index contributed by atoms with van der Waals surface area (Å²) in [6, 6.07) is 0. The minimum Gasteiger partial charge on any atom is -0.287 e. The fourth-order valence-corrected chi connectivity index (χ4v) is 2.11. The molecule has 6 heteroatoms. The van der Waals surface area contributed by atoms with Gasteiger partial charge in [-0.15, -0.1) is 0 Å². The van der Waals surface area contributed by atoms with Gasteiger partial charge in [0.05, 0.1) is 12.9 Å². The van der Waals surface area contributed by atoms with Crippen molar-refractivity contribution in [2.24, 2.45) is 5.92 Å². The third-order valence-electron chi connectivity index (χ3n) is 1.84. The molecule has 1 fully saturated rings. The molecule has 0 aliphatic carbocycles. The van der Waals surface area contributed by atoms with Gasteiger partial charge in [-0.3, -0.25) is 8.85 Å². The van der Waals surface area contributed by atoms with Gasteiger partial charge in [0.15, 0.2) is 0 Å². The van der Waals surface area contributed by atoms with Crippen molar-refractivity contribution in [1.29, 1.82) is 0 Å². The Labute approximate surface area is 75.7 Å². The predicted octanol–water partition coefficient (Wildman–Crippen LogP) is 0.0746. The van der Waals surface area contributed by atoms with Crippen LogP contribution in [0.15, 0.2) is 0 Å². The average molecular weight is 211 g/mol. The molecule has 4 nitrogen and oxygen atoms in total. The van der Waals surface area contributed by atoms with E-state index < -0.39 is 10.1 Å². The second-order valence-corrected chi connectivity index (χ2v) is 5.51. The van der Waals surface area contributed by atoms with Gasteiger partial charge in [-0.1, -0.05) is 9.39 Å². The third kappa shape index (κ3) is 3.81. The van der Waals surface area contributed by atoms with Crippen molar-refractivity contribution in [3.05, 3.63) is 0 Å².